The standard InChI is InChI=1S/C16H18N2O6.C2H6/c1-10(19)17-13-6-4-12(5-7-13)9-18(22-3)15(20)8-14-16(21)24-11(2)23-14;1-2/h4-8,11H,9H2,1-3H3,(H,17,19);1-2H3/b14-8-;. The highest BCUT2D eigenvalue weighted by Gasteiger charge is 2.28. The molecule has 1 atom stereocenters. The first-order valence-electron chi connectivity index (χ1n) is 8.20. The zero-order valence-electron chi connectivity index (χ0n) is 15.6. The SMILES string of the molecule is CC.CON(Cc1ccc(NC(C)=O)cc1)C(=O)/C=C1\OC(C)OC1=O. The summed E-state index contributed by atoms with van der Waals surface area (Å²) in [4.78, 5) is 39.7. The first-order chi connectivity index (χ1) is 12.4. The second-order valence-electron chi connectivity index (χ2n) is 5.03. The molecule has 0 saturated carbocycles. The van der Waals surface area contributed by atoms with Gasteiger partial charge in [0.05, 0.1) is 19.7 Å². The highest BCUT2D eigenvalue weighted by Crippen LogP contribution is 2.17. The molecule has 0 bridgehead atoms. The molecule has 1 fully saturated rings. The van der Waals surface area contributed by atoms with Gasteiger partial charge >= 0.3 is 5.97 Å². The van der Waals surface area contributed by atoms with Gasteiger partial charge in [0, 0.05) is 19.5 Å². The van der Waals surface area contributed by atoms with Crippen molar-refractivity contribution in [2.75, 3.05) is 12.4 Å². The summed E-state index contributed by atoms with van der Waals surface area (Å²) in [6.45, 7) is 7.13. The summed E-state index contributed by atoms with van der Waals surface area (Å²) in [6, 6.07) is 6.93. The first kappa shape index (κ1) is 21.2. The van der Waals surface area contributed by atoms with Gasteiger partial charge in [-0.25, -0.2) is 9.86 Å². The minimum Gasteiger partial charge on any atom is -0.447 e. The number of cyclic esters (lactones) is 1. The molecule has 1 saturated heterocycles. The highest BCUT2D eigenvalue weighted by molar-refractivity contribution is 5.97. The predicted octanol–water partition coefficient (Wildman–Crippen LogP) is 2.36. The summed E-state index contributed by atoms with van der Waals surface area (Å²) < 4.78 is 9.86. The predicted molar refractivity (Wildman–Crippen MR) is 94.4 cm³/mol. The molecule has 0 aromatic heterocycles. The largest absolute Gasteiger partial charge is 0.447 e. The zero-order valence-corrected chi connectivity index (χ0v) is 15.6. The maximum Gasteiger partial charge on any atom is 0.377 e. The van der Waals surface area contributed by atoms with Gasteiger partial charge in [-0.3, -0.25) is 14.4 Å². The maximum absolute atomic E-state index is 12.2. The van der Waals surface area contributed by atoms with Gasteiger partial charge in [0.15, 0.2) is 0 Å². The molecule has 1 aromatic carbocycles. The Bertz CT molecular complexity index is 669. The second-order valence-corrected chi connectivity index (χ2v) is 5.03. The van der Waals surface area contributed by atoms with Crippen LogP contribution in [0.2, 0.25) is 0 Å². The van der Waals surface area contributed by atoms with Crippen molar-refractivity contribution in [3.05, 3.63) is 41.7 Å². The molecule has 1 aromatic rings. The van der Waals surface area contributed by atoms with Gasteiger partial charge in [-0.15, -0.1) is 0 Å². The average molecular weight is 364 g/mol. The van der Waals surface area contributed by atoms with E-state index >= 15 is 0 Å². The molecule has 1 unspecified atom stereocenters. The van der Waals surface area contributed by atoms with Gasteiger partial charge in [0.25, 0.3) is 5.91 Å². The van der Waals surface area contributed by atoms with Gasteiger partial charge in [-0.2, -0.15) is 0 Å². The van der Waals surface area contributed by atoms with Crippen molar-refractivity contribution < 1.29 is 28.7 Å². The third kappa shape index (κ3) is 6.21. The van der Waals surface area contributed by atoms with Crippen molar-refractivity contribution in [2.24, 2.45) is 0 Å². The number of hydrogen-bond acceptors (Lipinski definition) is 6. The molecule has 1 aliphatic heterocycles. The van der Waals surface area contributed by atoms with Crippen molar-refractivity contribution in [3.8, 4) is 0 Å². The minimum atomic E-state index is -0.714. The number of amides is 2. The van der Waals surface area contributed by atoms with Crippen molar-refractivity contribution in [1.29, 1.82) is 0 Å². The summed E-state index contributed by atoms with van der Waals surface area (Å²) in [6.07, 6.45) is 0.315. The normalized spacial score (nSPS) is 16.9. The van der Waals surface area contributed by atoms with E-state index in [0.717, 1.165) is 16.7 Å². The van der Waals surface area contributed by atoms with Crippen molar-refractivity contribution in [2.45, 2.75) is 40.5 Å². The average Bonchev–Trinajstić information content (AvgIpc) is 2.92. The second kappa shape index (κ2) is 10.2. The van der Waals surface area contributed by atoms with Crippen molar-refractivity contribution >= 4 is 23.5 Å². The van der Waals surface area contributed by atoms with Crippen LogP contribution < -0.4 is 5.32 Å². The number of benzene rings is 1. The highest BCUT2D eigenvalue weighted by atomic mass is 16.7. The molecule has 8 nitrogen and oxygen atoms in total. The molecule has 0 aliphatic carbocycles. The van der Waals surface area contributed by atoms with E-state index in [1.807, 2.05) is 13.8 Å². The Hall–Kier alpha value is -2.87. The summed E-state index contributed by atoms with van der Waals surface area (Å²) in [5.41, 5.74) is 1.43. The van der Waals surface area contributed by atoms with Gasteiger partial charge in [-0.1, -0.05) is 26.0 Å². The molecule has 2 amide bonds. The summed E-state index contributed by atoms with van der Waals surface area (Å²) >= 11 is 0. The van der Waals surface area contributed by atoms with Crippen LogP contribution in [0, 0.1) is 0 Å². The molecule has 0 radical (unpaired) electrons. The molecule has 1 aliphatic rings. The van der Waals surface area contributed by atoms with Crippen molar-refractivity contribution in [3.63, 3.8) is 0 Å². The van der Waals surface area contributed by atoms with Crippen LogP contribution in [0.3, 0.4) is 0 Å². The third-order valence-corrected chi connectivity index (χ3v) is 3.09. The Morgan fingerprint density at radius 2 is 1.85 bits per heavy atom. The number of rotatable bonds is 5. The number of nitrogens with zero attached hydrogens (tertiary/aromatic N) is 1. The van der Waals surface area contributed by atoms with Crippen LogP contribution in [0.1, 0.15) is 33.3 Å². The lowest BCUT2D eigenvalue weighted by atomic mass is 10.2. The number of hydrogen-bond donors (Lipinski definition) is 1. The molecule has 1 N–H and O–H groups in total. The Morgan fingerprint density at radius 1 is 1.23 bits per heavy atom. The van der Waals surface area contributed by atoms with E-state index in [2.05, 4.69) is 5.32 Å². The number of nitrogens with one attached hydrogen (secondary N) is 1. The Morgan fingerprint density at radius 3 is 2.31 bits per heavy atom. The lowest BCUT2D eigenvalue weighted by Gasteiger charge is -2.18. The molecule has 142 valence electrons. The van der Waals surface area contributed by atoms with Crippen LogP contribution in [-0.4, -0.2) is 36.2 Å². The third-order valence-electron chi connectivity index (χ3n) is 3.09. The summed E-state index contributed by atoms with van der Waals surface area (Å²) in [7, 11) is 1.35. The molecule has 2 rings (SSSR count). The monoisotopic (exact) mass is 364 g/mol. The van der Waals surface area contributed by atoms with E-state index in [-0.39, 0.29) is 18.2 Å². The summed E-state index contributed by atoms with van der Waals surface area (Å²) in [5, 5.41) is 3.72. The fourth-order valence-electron chi connectivity index (χ4n) is 2.03. The number of anilines is 1. The van der Waals surface area contributed by atoms with E-state index in [1.165, 1.54) is 14.0 Å². The van der Waals surface area contributed by atoms with Crippen LogP contribution in [0.5, 0.6) is 0 Å². The molecule has 0 spiro atoms. The summed E-state index contributed by atoms with van der Waals surface area (Å²) in [5.74, 6) is -1.56. The fourth-order valence-corrected chi connectivity index (χ4v) is 2.03. The molecular formula is C18H24N2O6. The molecule has 8 heteroatoms. The molecular weight excluding hydrogens is 340 g/mol. The number of hydroxylamine groups is 2. The van der Waals surface area contributed by atoms with Crippen LogP contribution in [0.4, 0.5) is 5.69 Å². The first-order valence-corrected chi connectivity index (χ1v) is 8.20. The van der Waals surface area contributed by atoms with E-state index in [0.29, 0.717) is 5.69 Å². The molecule has 26 heavy (non-hydrogen) atoms. The van der Waals surface area contributed by atoms with Gasteiger partial charge in [0.1, 0.15) is 0 Å². The smallest absolute Gasteiger partial charge is 0.377 e. The van der Waals surface area contributed by atoms with Crippen LogP contribution in [-0.2, 0) is 35.2 Å². The zero-order chi connectivity index (χ0) is 19.7. The lowest BCUT2D eigenvalue weighted by Crippen LogP contribution is -2.28. The van der Waals surface area contributed by atoms with E-state index in [9.17, 15) is 14.4 Å². The number of esters is 1. The van der Waals surface area contributed by atoms with E-state index < -0.39 is 18.2 Å². The van der Waals surface area contributed by atoms with E-state index in [1.54, 1.807) is 31.2 Å². The van der Waals surface area contributed by atoms with E-state index in [4.69, 9.17) is 14.3 Å². The fraction of sp³-hybridized carbons (Fsp3) is 0.389. The quantitative estimate of drug-likeness (QED) is 0.490. The Labute approximate surface area is 152 Å². The van der Waals surface area contributed by atoms with Crippen molar-refractivity contribution in [1.82, 2.24) is 5.06 Å². The topological polar surface area (TPSA) is 94.2 Å². The minimum absolute atomic E-state index is 0.157. The number of carbonyl (C=O) groups excluding carboxylic acids is 3. The maximum atomic E-state index is 12.2. The van der Waals surface area contributed by atoms with Crippen LogP contribution in [0.15, 0.2) is 36.1 Å². The van der Waals surface area contributed by atoms with Gasteiger partial charge in [-0.05, 0) is 17.7 Å². The molecule has 1 heterocycles. The Balaban J connectivity index is 0.00000163. The van der Waals surface area contributed by atoms with Crippen LogP contribution in [0.25, 0.3) is 0 Å². The number of ether oxygens (including phenoxy) is 2. The van der Waals surface area contributed by atoms with Crippen LogP contribution >= 0.6 is 0 Å². The Kier molecular flexibility index (Phi) is 8.30. The number of carbonyl (C=O) groups is 3. The van der Waals surface area contributed by atoms with Gasteiger partial charge in [0.2, 0.25) is 18.0 Å². The van der Waals surface area contributed by atoms with Gasteiger partial charge < -0.3 is 14.8 Å². The lowest BCUT2D eigenvalue weighted by molar-refractivity contribution is -0.173.